The Labute approximate surface area is 332 Å². The van der Waals surface area contributed by atoms with Gasteiger partial charge in [0.25, 0.3) is 0 Å². The van der Waals surface area contributed by atoms with Crippen LogP contribution in [0.1, 0.15) is 117 Å². The van der Waals surface area contributed by atoms with E-state index in [0.717, 1.165) is 35.7 Å². The van der Waals surface area contributed by atoms with E-state index in [0.29, 0.717) is 82.4 Å². The van der Waals surface area contributed by atoms with Gasteiger partial charge in [-0.05, 0) is 37.5 Å². The Bertz CT molecular complexity index is 1580. The Morgan fingerprint density at radius 3 is 2.34 bits per heavy atom. The number of aromatic nitrogens is 2. The van der Waals surface area contributed by atoms with Crippen LogP contribution >= 0.6 is 9.47 Å². The number of carbonyl (C=O) groups excluding carboxylic acids is 2. The average Bonchev–Trinajstić information content (AvgIpc) is 3.35. The van der Waals surface area contributed by atoms with Gasteiger partial charge in [-0.2, -0.15) is 0 Å². The molecule has 0 radical (unpaired) electrons. The van der Waals surface area contributed by atoms with Crippen LogP contribution in [0.5, 0.6) is 0 Å². The average molecular weight is 1090 g/mol. The summed E-state index contributed by atoms with van der Waals surface area (Å²) < 4.78 is 8.73. The summed E-state index contributed by atoms with van der Waals surface area (Å²) in [6.07, 6.45) is 12.7. The number of rotatable bonds is 12. The molecule has 1 saturated carbocycles. The van der Waals surface area contributed by atoms with Crippen molar-refractivity contribution >= 4 is 90.2 Å². The fraction of sp³-hybridized carbons (Fsp3) is 0.703. The van der Waals surface area contributed by atoms with E-state index in [1.807, 2.05) is 52.7 Å². The van der Waals surface area contributed by atoms with Gasteiger partial charge in [0.2, 0.25) is 0 Å². The summed E-state index contributed by atoms with van der Waals surface area (Å²) in [5.74, 6) is 0.229. The molecule has 10 nitrogen and oxygen atoms in total. The number of hydrogen-bond acceptors (Lipinski definition) is 8. The molecule has 5 rings (SSSR count). The van der Waals surface area contributed by atoms with Crippen LogP contribution in [0.15, 0.2) is 34.2 Å². The number of benzene rings is 1. The van der Waals surface area contributed by atoms with Crippen LogP contribution in [0.25, 0.3) is 11.0 Å². The van der Waals surface area contributed by atoms with E-state index in [1.165, 1.54) is 51.4 Å². The zero-order valence-corrected chi connectivity index (χ0v) is 40.6. The Morgan fingerprint density at radius 1 is 0.980 bits per heavy atom. The minimum atomic E-state index is -0.547. The number of hydrogen-bond donors (Lipinski definition) is 0. The minimum Gasteiger partial charge on any atom is -0.0347 e. The minimum absolute atomic E-state index is 0.00264. The smallest absolute Gasteiger partial charge is 0.0347 e. The number of fused-ring (bicyclic) bond motifs is 3. The molecule has 2 saturated heterocycles. The molecule has 1 aliphatic carbocycles. The van der Waals surface area contributed by atoms with Gasteiger partial charge in [0.05, 0.1) is 9.47 Å². The van der Waals surface area contributed by atoms with Gasteiger partial charge >= 0.3 is 238 Å². The van der Waals surface area contributed by atoms with Crippen LogP contribution in [0.2, 0.25) is 0 Å². The first-order valence-electron chi connectivity index (χ1n) is 18.7. The third-order valence-electron chi connectivity index (χ3n) is 11.6. The van der Waals surface area contributed by atoms with Gasteiger partial charge < -0.3 is 0 Å². The van der Waals surface area contributed by atoms with Crippen LogP contribution < -0.4 is 5.56 Å². The summed E-state index contributed by atoms with van der Waals surface area (Å²) in [7, 11) is 1.97. The molecule has 13 heteroatoms. The Balaban J connectivity index is 1.51. The molecule has 9 unspecified atom stereocenters. The first kappa shape index (κ1) is 40.2. The van der Waals surface area contributed by atoms with Crippen molar-refractivity contribution in [1.82, 2.24) is 15.0 Å². The zero-order chi connectivity index (χ0) is 36.1. The first-order valence-corrected chi connectivity index (χ1v) is 23.1. The van der Waals surface area contributed by atoms with Crippen molar-refractivity contribution in [2.75, 3.05) is 6.61 Å². The van der Waals surface area contributed by atoms with Crippen molar-refractivity contribution in [2.24, 2.45) is 34.7 Å². The van der Waals surface area contributed by atoms with Crippen molar-refractivity contribution in [3.63, 3.8) is 0 Å². The molecule has 1 amide bonds. The molecule has 0 spiro atoms. The summed E-state index contributed by atoms with van der Waals surface area (Å²) in [5, 5.41) is 4.53. The standard InChI is InChI=1S/C37H54N5O5P.2Tl/c1-6-26-11-9-10-22(2)16-29(18-26)41-27-14-15-28(41)20-30(19-27)42-32-13-8-7-12-31(32)39-34(36(42)44)33(23(3)17-24(4)35(38)43)40-46-21-25(5)37(45)47-48;;/h7-8,12-13,22-30H,6,9-11,14-21,48H2,1-5H3;;/b40-33+;;. The maximum atomic E-state index is 14.8. The second-order valence-corrected chi connectivity index (χ2v) is 29.0. The van der Waals surface area contributed by atoms with Crippen LogP contribution in [0.3, 0.4) is 0 Å². The molecule has 2 aliphatic heterocycles. The van der Waals surface area contributed by atoms with Gasteiger partial charge in [0.15, 0.2) is 0 Å². The largest absolute Gasteiger partial charge is 0.0347 e. The molecular formula is C37H54N5O5PTl2. The number of oxime groups is 1. The van der Waals surface area contributed by atoms with Crippen LogP contribution in [0.4, 0.5) is 0 Å². The van der Waals surface area contributed by atoms with Gasteiger partial charge in [-0.25, -0.2) is 0 Å². The summed E-state index contributed by atoms with van der Waals surface area (Å²) in [4.78, 5) is 53.5. The SMILES string of the molecule is CCC1CCCC(C)CC(N2C3CCC2CC(n2c(=O)c(/C(=N/OCC(C)C(=O)OP)C(C)CC(C)C(=O)[N]([Tl])[Tl])nc4ccccc42)C3)C1. The first-order chi connectivity index (χ1) is 23.9. The van der Waals surface area contributed by atoms with E-state index in [-0.39, 0.29) is 41.6 Å². The number of piperidine rings is 1. The zero-order valence-electron chi connectivity index (χ0n) is 30.5. The van der Waals surface area contributed by atoms with E-state index in [1.54, 1.807) is 6.92 Å². The van der Waals surface area contributed by atoms with E-state index >= 15 is 0 Å². The second kappa shape index (κ2) is 18.4. The van der Waals surface area contributed by atoms with Crippen LogP contribution in [-0.2, 0) is 19.0 Å². The molecular weight excluding hydrogens is 1030 g/mol. The maximum Gasteiger partial charge on any atom is -0.0347 e. The molecule has 3 heterocycles. The molecule has 9 atom stereocenters. The van der Waals surface area contributed by atoms with Crippen molar-refractivity contribution in [1.29, 1.82) is 0 Å². The van der Waals surface area contributed by atoms with Crippen molar-refractivity contribution in [2.45, 2.75) is 129 Å². The van der Waals surface area contributed by atoms with E-state index < -0.39 is 11.9 Å². The molecule has 0 N–H and O–H groups in total. The van der Waals surface area contributed by atoms with Crippen LogP contribution in [-0.4, -0.2) is 109 Å². The van der Waals surface area contributed by atoms with Gasteiger partial charge in [0, 0.05) is 6.04 Å². The normalized spacial score (nSPS) is 27.9. The summed E-state index contributed by atoms with van der Waals surface area (Å²) in [5.41, 5.74) is 2.13. The fourth-order valence-electron chi connectivity index (χ4n) is 8.99. The molecule has 3 fully saturated rings. The van der Waals surface area contributed by atoms with Gasteiger partial charge in [0.1, 0.15) is 0 Å². The maximum absolute atomic E-state index is 14.8. The quantitative estimate of drug-likeness (QED) is 0.113. The molecule has 3 aliphatic rings. The van der Waals surface area contributed by atoms with E-state index in [9.17, 15) is 14.4 Å². The Hall–Kier alpha value is -0.996. The van der Waals surface area contributed by atoms with E-state index in [4.69, 9.17) is 14.3 Å². The fourth-order valence-corrected chi connectivity index (χ4v) is 11.2. The van der Waals surface area contributed by atoms with Gasteiger partial charge in [-0.15, -0.1) is 0 Å². The molecule has 2 aromatic rings. The molecule has 268 valence electrons. The van der Waals surface area contributed by atoms with Gasteiger partial charge in [-0.3, -0.25) is 4.90 Å². The summed E-state index contributed by atoms with van der Waals surface area (Å²) in [6, 6.07) is 9.54. The molecule has 1 aromatic carbocycles. The van der Waals surface area contributed by atoms with Gasteiger partial charge in [-0.1, -0.05) is 39.5 Å². The number of amides is 1. The van der Waals surface area contributed by atoms with E-state index in [2.05, 4.69) is 23.9 Å². The third kappa shape index (κ3) is 9.38. The van der Waals surface area contributed by atoms with Crippen molar-refractivity contribution in [3.05, 3.63) is 40.3 Å². The van der Waals surface area contributed by atoms with Crippen molar-refractivity contribution < 1.29 is 19.0 Å². The molecule has 1 aromatic heterocycles. The molecule has 2 bridgehead atoms. The Morgan fingerprint density at radius 2 is 1.68 bits per heavy atom. The Kier molecular flexibility index (Phi) is 14.8. The summed E-state index contributed by atoms with van der Waals surface area (Å²) in [6.45, 7) is 10.4. The van der Waals surface area contributed by atoms with Crippen molar-refractivity contribution in [3.8, 4) is 0 Å². The molecule has 50 heavy (non-hydrogen) atoms. The summed E-state index contributed by atoms with van der Waals surface area (Å²) >= 11 is 0.952. The third-order valence-corrected chi connectivity index (χ3v) is 13.8. The van der Waals surface area contributed by atoms with Crippen LogP contribution in [0, 0.1) is 29.6 Å². The number of para-hydroxylation sites is 2. The number of nitrogens with zero attached hydrogens (tertiary/aromatic N) is 5. The predicted molar refractivity (Wildman–Crippen MR) is 201 cm³/mol. The second-order valence-electron chi connectivity index (χ2n) is 15.4. The predicted octanol–water partition coefficient (Wildman–Crippen LogP) is 5.91. The monoisotopic (exact) mass is 1090 g/mol. The number of carbonyl (C=O) groups is 2. The topological polar surface area (TPSA) is 106 Å².